The molecule has 0 heterocycles. The Morgan fingerprint density at radius 2 is 1.94 bits per heavy atom. The maximum atomic E-state index is 5.80. The van der Waals surface area contributed by atoms with Gasteiger partial charge >= 0.3 is 0 Å². The van der Waals surface area contributed by atoms with Crippen LogP contribution < -0.4 is 5.32 Å². The first-order valence-electron chi connectivity index (χ1n) is 6.65. The van der Waals surface area contributed by atoms with Crippen LogP contribution in [0.1, 0.15) is 46.0 Å². The molecule has 0 spiro atoms. The van der Waals surface area contributed by atoms with E-state index in [4.69, 9.17) is 9.47 Å². The minimum atomic E-state index is 0.0176. The molecule has 1 fully saturated rings. The van der Waals surface area contributed by atoms with Gasteiger partial charge in [-0.15, -0.1) is 0 Å². The molecule has 0 aromatic heterocycles. The van der Waals surface area contributed by atoms with Crippen molar-refractivity contribution in [1.82, 2.24) is 5.32 Å². The second-order valence-electron chi connectivity index (χ2n) is 4.66. The summed E-state index contributed by atoms with van der Waals surface area (Å²) in [5.41, 5.74) is 0.0176. The molecule has 1 saturated carbocycles. The summed E-state index contributed by atoms with van der Waals surface area (Å²) in [5, 5.41) is 3.53. The van der Waals surface area contributed by atoms with Gasteiger partial charge < -0.3 is 14.8 Å². The normalized spacial score (nSPS) is 21.2. The zero-order valence-electron chi connectivity index (χ0n) is 11.1. The highest BCUT2D eigenvalue weighted by atomic mass is 16.5. The average molecular weight is 229 g/mol. The van der Waals surface area contributed by atoms with Gasteiger partial charge in [0.1, 0.15) is 0 Å². The van der Waals surface area contributed by atoms with Gasteiger partial charge in [-0.25, -0.2) is 0 Å². The van der Waals surface area contributed by atoms with Crippen LogP contribution in [0.15, 0.2) is 0 Å². The monoisotopic (exact) mass is 229 g/mol. The number of hydrogen-bond donors (Lipinski definition) is 1. The number of rotatable bonds is 8. The van der Waals surface area contributed by atoms with E-state index in [2.05, 4.69) is 19.2 Å². The summed E-state index contributed by atoms with van der Waals surface area (Å²) in [7, 11) is 1.84. The fraction of sp³-hybridized carbons (Fsp3) is 1.00. The van der Waals surface area contributed by atoms with E-state index in [1.54, 1.807) is 0 Å². The van der Waals surface area contributed by atoms with E-state index >= 15 is 0 Å². The molecule has 96 valence electrons. The Labute approximate surface area is 99.9 Å². The Bertz CT molecular complexity index is 179. The first-order valence-corrected chi connectivity index (χ1v) is 6.65. The molecule has 1 rings (SSSR count). The molecule has 1 unspecified atom stereocenters. The summed E-state index contributed by atoms with van der Waals surface area (Å²) < 4.78 is 11.5. The minimum absolute atomic E-state index is 0.0176. The van der Waals surface area contributed by atoms with E-state index in [9.17, 15) is 0 Å². The van der Waals surface area contributed by atoms with E-state index < -0.39 is 0 Å². The number of ether oxygens (including phenoxy) is 2. The highest BCUT2D eigenvalue weighted by molar-refractivity contribution is 4.96. The molecule has 16 heavy (non-hydrogen) atoms. The molecular weight excluding hydrogens is 202 g/mol. The van der Waals surface area contributed by atoms with Crippen LogP contribution in [-0.4, -0.2) is 38.5 Å². The standard InChI is InChI=1S/C13H27NO2/c1-4-10-16-11-12(14-5-2)13(15-3)8-6-7-9-13/h12,14H,4-11H2,1-3H3. The second-order valence-corrected chi connectivity index (χ2v) is 4.66. The van der Waals surface area contributed by atoms with Crippen molar-refractivity contribution in [2.45, 2.75) is 57.6 Å². The maximum absolute atomic E-state index is 5.80. The second kappa shape index (κ2) is 7.25. The third kappa shape index (κ3) is 3.44. The number of hydrogen-bond acceptors (Lipinski definition) is 3. The van der Waals surface area contributed by atoms with Crippen molar-refractivity contribution >= 4 is 0 Å². The number of methoxy groups -OCH3 is 1. The van der Waals surface area contributed by atoms with Crippen LogP contribution in [0.4, 0.5) is 0 Å². The molecule has 1 N–H and O–H groups in total. The van der Waals surface area contributed by atoms with Crippen LogP contribution >= 0.6 is 0 Å². The molecule has 0 bridgehead atoms. The van der Waals surface area contributed by atoms with E-state index in [1.807, 2.05) is 7.11 Å². The molecule has 0 radical (unpaired) electrons. The van der Waals surface area contributed by atoms with E-state index in [-0.39, 0.29) is 5.60 Å². The third-order valence-corrected chi connectivity index (χ3v) is 3.57. The molecule has 0 saturated heterocycles. The van der Waals surface area contributed by atoms with E-state index in [0.717, 1.165) is 39.0 Å². The first-order chi connectivity index (χ1) is 7.79. The van der Waals surface area contributed by atoms with Gasteiger partial charge in [-0.05, 0) is 25.8 Å². The summed E-state index contributed by atoms with van der Waals surface area (Å²) in [4.78, 5) is 0. The molecule has 0 aliphatic heterocycles. The van der Waals surface area contributed by atoms with Crippen LogP contribution in [0.2, 0.25) is 0 Å². The molecule has 0 aromatic carbocycles. The summed E-state index contributed by atoms with van der Waals surface area (Å²) >= 11 is 0. The van der Waals surface area contributed by atoms with Crippen LogP contribution in [0.3, 0.4) is 0 Å². The number of nitrogens with one attached hydrogen (secondary N) is 1. The SMILES string of the molecule is CCCOCC(NCC)C1(OC)CCCC1. The largest absolute Gasteiger partial charge is 0.380 e. The van der Waals surface area contributed by atoms with Gasteiger partial charge in [0.2, 0.25) is 0 Å². The van der Waals surface area contributed by atoms with Crippen molar-refractivity contribution in [2.24, 2.45) is 0 Å². The van der Waals surface area contributed by atoms with Gasteiger partial charge in [0.15, 0.2) is 0 Å². The molecule has 1 aliphatic carbocycles. The highest BCUT2D eigenvalue weighted by Gasteiger charge is 2.41. The van der Waals surface area contributed by atoms with Crippen LogP contribution in [-0.2, 0) is 9.47 Å². The van der Waals surface area contributed by atoms with Crippen LogP contribution in [0.5, 0.6) is 0 Å². The van der Waals surface area contributed by atoms with Gasteiger partial charge in [0.25, 0.3) is 0 Å². The molecular formula is C13H27NO2. The zero-order chi connectivity index (χ0) is 11.9. The summed E-state index contributed by atoms with van der Waals surface area (Å²) in [6.07, 6.45) is 5.97. The lowest BCUT2D eigenvalue weighted by atomic mass is 9.92. The van der Waals surface area contributed by atoms with E-state index in [1.165, 1.54) is 12.8 Å². The summed E-state index contributed by atoms with van der Waals surface area (Å²) in [5.74, 6) is 0. The number of likely N-dealkylation sites (N-methyl/N-ethyl adjacent to an activating group) is 1. The van der Waals surface area contributed by atoms with Gasteiger partial charge in [0.05, 0.1) is 18.2 Å². The highest BCUT2D eigenvalue weighted by Crippen LogP contribution is 2.35. The van der Waals surface area contributed by atoms with Crippen molar-refractivity contribution in [2.75, 3.05) is 26.9 Å². The Morgan fingerprint density at radius 3 is 2.44 bits per heavy atom. The molecule has 0 aromatic rings. The molecule has 3 nitrogen and oxygen atoms in total. The predicted octanol–water partition coefficient (Wildman–Crippen LogP) is 2.35. The lowest BCUT2D eigenvalue weighted by molar-refractivity contribution is -0.0592. The molecule has 0 amide bonds. The smallest absolute Gasteiger partial charge is 0.0853 e. The zero-order valence-corrected chi connectivity index (χ0v) is 11.1. The topological polar surface area (TPSA) is 30.5 Å². The van der Waals surface area contributed by atoms with Crippen molar-refractivity contribution in [3.8, 4) is 0 Å². The van der Waals surface area contributed by atoms with Crippen molar-refractivity contribution in [3.05, 3.63) is 0 Å². The van der Waals surface area contributed by atoms with Crippen molar-refractivity contribution in [3.63, 3.8) is 0 Å². The van der Waals surface area contributed by atoms with Crippen molar-refractivity contribution in [1.29, 1.82) is 0 Å². The Balaban J connectivity index is 2.51. The predicted molar refractivity (Wildman–Crippen MR) is 66.8 cm³/mol. The van der Waals surface area contributed by atoms with E-state index in [0.29, 0.717) is 6.04 Å². The Morgan fingerprint density at radius 1 is 1.25 bits per heavy atom. The lowest BCUT2D eigenvalue weighted by Crippen LogP contribution is -2.53. The third-order valence-electron chi connectivity index (χ3n) is 3.57. The van der Waals surface area contributed by atoms with Gasteiger partial charge in [0, 0.05) is 13.7 Å². The van der Waals surface area contributed by atoms with Gasteiger partial charge in [-0.3, -0.25) is 0 Å². The van der Waals surface area contributed by atoms with Gasteiger partial charge in [-0.2, -0.15) is 0 Å². The fourth-order valence-corrected chi connectivity index (χ4v) is 2.66. The molecule has 3 heteroatoms. The molecule has 1 aliphatic rings. The maximum Gasteiger partial charge on any atom is 0.0853 e. The van der Waals surface area contributed by atoms with Gasteiger partial charge in [-0.1, -0.05) is 26.7 Å². The molecule has 1 atom stereocenters. The Hall–Kier alpha value is -0.120. The van der Waals surface area contributed by atoms with Crippen LogP contribution in [0, 0.1) is 0 Å². The van der Waals surface area contributed by atoms with Crippen LogP contribution in [0.25, 0.3) is 0 Å². The van der Waals surface area contributed by atoms with Crippen molar-refractivity contribution < 1.29 is 9.47 Å². The lowest BCUT2D eigenvalue weighted by Gasteiger charge is -2.36. The minimum Gasteiger partial charge on any atom is -0.380 e. The average Bonchev–Trinajstić information content (AvgIpc) is 2.78. The Kier molecular flexibility index (Phi) is 6.32. The summed E-state index contributed by atoms with van der Waals surface area (Å²) in [6, 6.07) is 0.344. The fourth-order valence-electron chi connectivity index (χ4n) is 2.66. The quantitative estimate of drug-likeness (QED) is 0.648. The first kappa shape index (κ1) is 13.9. The summed E-state index contributed by atoms with van der Waals surface area (Å²) in [6.45, 7) is 6.89.